The van der Waals surface area contributed by atoms with Gasteiger partial charge < -0.3 is 5.11 Å². The Labute approximate surface area is 158 Å². The van der Waals surface area contributed by atoms with E-state index in [1.807, 2.05) is 37.3 Å². The summed E-state index contributed by atoms with van der Waals surface area (Å²) in [5.74, 6) is -0.638. The van der Waals surface area contributed by atoms with Gasteiger partial charge in [0.1, 0.15) is 5.82 Å². The van der Waals surface area contributed by atoms with Gasteiger partial charge in [0, 0.05) is 17.7 Å². The third-order valence-electron chi connectivity index (χ3n) is 4.65. The number of phenols is 1. The first-order chi connectivity index (χ1) is 13.0. The highest BCUT2D eigenvalue weighted by Crippen LogP contribution is 2.31. The van der Waals surface area contributed by atoms with Gasteiger partial charge in [-0.05, 0) is 43.9 Å². The van der Waals surface area contributed by atoms with Crippen molar-refractivity contribution < 1.29 is 9.50 Å². The maximum absolute atomic E-state index is 13.9. The zero-order chi connectivity index (χ0) is 19.4. The summed E-state index contributed by atoms with van der Waals surface area (Å²) in [6, 6.07) is 14.2. The van der Waals surface area contributed by atoms with Gasteiger partial charge >= 0.3 is 0 Å². The van der Waals surface area contributed by atoms with Gasteiger partial charge in [-0.1, -0.05) is 43.3 Å². The zero-order valence-electron chi connectivity index (χ0n) is 15.6. The van der Waals surface area contributed by atoms with Crippen LogP contribution in [0, 0.1) is 12.7 Å². The van der Waals surface area contributed by atoms with Crippen LogP contribution in [0.3, 0.4) is 0 Å². The van der Waals surface area contributed by atoms with E-state index in [0.29, 0.717) is 36.5 Å². The van der Waals surface area contributed by atoms with Gasteiger partial charge in [0.25, 0.3) is 5.56 Å². The van der Waals surface area contributed by atoms with E-state index in [2.05, 4.69) is 4.98 Å². The smallest absolute Gasteiger partial charge is 0.257 e. The molecule has 140 valence electrons. The number of para-hydroxylation sites is 1. The minimum absolute atomic E-state index is 0.126. The average molecular weight is 366 g/mol. The number of nitrogens with zero attached hydrogens (tertiary/aromatic N) is 2. The lowest BCUT2D eigenvalue weighted by atomic mass is 9.99. The summed E-state index contributed by atoms with van der Waals surface area (Å²) in [5, 5.41) is 10.2. The van der Waals surface area contributed by atoms with E-state index in [0.717, 1.165) is 12.0 Å². The third-order valence-corrected chi connectivity index (χ3v) is 4.65. The fraction of sp³-hybridized carbons (Fsp3) is 0.273. The predicted molar refractivity (Wildman–Crippen MR) is 104 cm³/mol. The molecule has 0 saturated carbocycles. The summed E-state index contributed by atoms with van der Waals surface area (Å²) in [4.78, 5) is 17.7. The van der Waals surface area contributed by atoms with Gasteiger partial charge in [0.05, 0.1) is 5.69 Å². The third kappa shape index (κ3) is 3.92. The number of phenolic OH excluding ortho intramolecular Hbond substituents is 1. The summed E-state index contributed by atoms with van der Waals surface area (Å²) in [7, 11) is 0. The van der Waals surface area contributed by atoms with Crippen molar-refractivity contribution >= 4 is 0 Å². The number of aromatic nitrogens is 2. The van der Waals surface area contributed by atoms with E-state index < -0.39 is 11.6 Å². The molecule has 0 aliphatic rings. The number of aromatic hydroxyl groups is 1. The number of rotatable bonds is 6. The quantitative estimate of drug-likeness (QED) is 0.709. The Kier molecular flexibility index (Phi) is 5.69. The van der Waals surface area contributed by atoms with Crippen LogP contribution in [0.1, 0.15) is 30.3 Å². The van der Waals surface area contributed by atoms with Gasteiger partial charge in [0.2, 0.25) is 0 Å². The van der Waals surface area contributed by atoms with Crippen molar-refractivity contribution in [1.29, 1.82) is 0 Å². The molecule has 3 aromatic rings. The molecule has 0 amide bonds. The molecule has 0 aliphatic carbocycles. The normalized spacial score (nSPS) is 10.9. The second kappa shape index (κ2) is 8.16. The lowest BCUT2D eigenvalue weighted by molar-refractivity contribution is 0.434. The van der Waals surface area contributed by atoms with Crippen molar-refractivity contribution in [3.63, 3.8) is 0 Å². The van der Waals surface area contributed by atoms with E-state index in [-0.39, 0.29) is 11.1 Å². The van der Waals surface area contributed by atoms with E-state index in [1.165, 1.54) is 12.1 Å². The van der Waals surface area contributed by atoms with Crippen LogP contribution in [-0.2, 0) is 19.4 Å². The summed E-state index contributed by atoms with van der Waals surface area (Å²) in [6.07, 6.45) is 1.94. The van der Waals surface area contributed by atoms with Crippen LogP contribution in [-0.4, -0.2) is 14.7 Å². The fourth-order valence-electron chi connectivity index (χ4n) is 3.26. The van der Waals surface area contributed by atoms with Crippen molar-refractivity contribution in [1.82, 2.24) is 9.55 Å². The zero-order valence-corrected chi connectivity index (χ0v) is 15.6. The molecular weight excluding hydrogens is 343 g/mol. The first-order valence-corrected chi connectivity index (χ1v) is 9.15. The van der Waals surface area contributed by atoms with Gasteiger partial charge in [-0.3, -0.25) is 9.36 Å². The molecule has 1 N–H and O–H groups in total. The highest BCUT2D eigenvalue weighted by Gasteiger charge is 2.19. The number of benzene rings is 2. The molecule has 3 rings (SSSR count). The van der Waals surface area contributed by atoms with E-state index in [9.17, 15) is 14.3 Å². The molecule has 1 heterocycles. The Morgan fingerprint density at radius 2 is 1.81 bits per heavy atom. The van der Waals surface area contributed by atoms with Crippen molar-refractivity contribution in [3.8, 4) is 17.0 Å². The largest absolute Gasteiger partial charge is 0.504 e. The first kappa shape index (κ1) is 18.8. The SMILES string of the molecule is CCCn1c(C)nc(-c2cccc(F)c2O)c(CCc2ccccc2)c1=O. The van der Waals surface area contributed by atoms with Crippen LogP contribution in [0.2, 0.25) is 0 Å². The van der Waals surface area contributed by atoms with Crippen LogP contribution >= 0.6 is 0 Å². The standard InChI is InChI=1S/C22H23FN2O2/c1-3-14-25-15(2)24-20(17-10-7-11-19(23)21(17)26)18(22(25)27)13-12-16-8-5-4-6-9-16/h4-11,26H,3,12-14H2,1-2H3. The van der Waals surface area contributed by atoms with Crippen molar-refractivity contribution in [3.05, 3.63) is 81.7 Å². The number of hydrogen-bond donors (Lipinski definition) is 1. The Hall–Kier alpha value is -2.95. The van der Waals surface area contributed by atoms with Crippen molar-refractivity contribution in [2.75, 3.05) is 0 Å². The molecule has 0 saturated heterocycles. The molecule has 4 nitrogen and oxygen atoms in total. The number of halogens is 1. The Balaban J connectivity index is 2.13. The minimum Gasteiger partial charge on any atom is -0.504 e. The molecule has 0 fully saturated rings. The molecular formula is C22H23FN2O2. The Morgan fingerprint density at radius 1 is 1.07 bits per heavy atom. The second-order valence-electron chi connectivity index (χ2n) is 6.56. The Morgan fingerprint density at radius 3 is 2.52 bits per heavy atom. The van der Waals surface area contributed by atoms with E-state index >= 15 is 0 Å². The molecule has 1 aromatic heterocycles. The van der Waals surface area contributed by atoms with Gasteiger partial charge in [-0.2, -0.15) is 0 Å². The van der Waals surface area contributed by atoms with Gasteiger partial charge in [-0.25, -0.2) is 9.37 Å². The van der Waals surface area contributed by atoms with Crippen LogP contribution in [0.25, 0.3) is 11.3 Å². The van der Waals surface area contributed by atoms with Crippen LogP contribution < -0.4 is 5.56 Å². The maximum Gasteiger partial charge on any atom is 0.257 e. The first-order valence-electron chi connectivity index (χ1n) is 9.15. The lowest BCUT2D eigenvalue weighted by Gasteiger charge is -2.16. The maximum atomic E-state index is 13.9. The minimum atomic E-state index is -0.723. The summed E-state index contributed by atoms with van der Waals surface area (Å²) >= 11 is 0. The second-order valence-corrected chi connectivity index (χ2v) is 6.56. The molecule has 2 aromatic carbocycles. The van der Waals surface area contributed by atoms with Crippen LogP contribution in [0.15, 0.2) is 53.3 Å². The monoisotopic (exact) mass is 366 g/mol. The van der Waals surface area contributed by atoms with Gasteiger partial charge in [0.15, 0.2) is 11.6 Å². The molecule has 5 heteroatoms. The molecule has 0 atom stereocenters. The molecule has 27 heavy (non-hydrogen) atoms. The highest BCUT2D eigenvalue weighted by atomic mass is 19.1. The van der Waals surface area contributed by atoms with Crippen molar-refractivity contribution in [2.45, 2.75) is 39.7 Å². The van der Waals surface area contributed by atoms with Gasteiger partial charge in [-0.15, -0.1) is 0 Å². The lowest BCUT2D eigenvalue weighted by Crippen LogP contribution is -2.28. The van der Waals surface area contributed by atoms with E-state index in [4.69, 9.17) is 0 Å². The fourth-order valence-corrected chi connectivity index (χ4v) is 3.26. The van der Waals surface area contributed by atoms with Crippen LogP contribution in [0.4, 0.5) is 4.39 Å². The molecule has 0 unspecified atom stereocenters. The topological polar surface area (TPSA) is 55.1 Å². The average Bonchev–Trinajstić information content (AvgIpc) is 2.67. The Bertz CT molecular complexity index is 997. The summed E-state index contributed by atoms with van der Waals surface area (Å²) in [5.41, 5.74) is 2.09. The number of hydrogen-bond acceptors (Lipinski definition) is 3. The van der Waals surface area contributed by atoms with E-state index in [1.54, 1.807) is 17.6 Å². The molecule has 0 radical (unpaired) electrons. The molecule has 0 aliphatic heterocycles. The molecule has 0 spiro atoms. The predicted octanol–water partition coefficient (Wildman–Crippen LogP) is 4.26. The van der Waals surface area contributed by atoms with Crippen molar-refractivity contribution in [2.24, 2.45) is 0 Å². The van der Waals surface area contributed by atoms with Crippen LogP contribution in [0.5, 0.6) is 5.75 Å². The summed E-state index contributed by atoms with van der Waals surface area (Å²) in [6.45, 7) is 4.34. The molecule has 0 bridgehead atoms. The highest BCUT2D eigenvalue weighted by molar-refractivity contribution is 5.69. The number of aryl methyl sites for hydroxylation is 2. The summed E-state index contributed by atoms with van der Waals surface area (Å²) < 4.78 is 15.5.